The van der Waals surface area contributed by atoms with E-state index in [1.54, 1.807) is 24.4 Å². The van der Waals surface area contributed by atoms with Crippen molar-refractivity contribution < 1.29 is 13.5 Å². The minimum Gasteiger partial charge on any atom is -0.396 e. The van der Waals surface area contributed by atoms with Crippen LogP contribution in [0.25, 0.3) is 5.65 Å². The van der Waals surface area contributed by atoms with Gasteiger partial charge in [0.15, 0.2) is 10.2 Å². The fourth-order valence-electron chi connectivity index (χ4n) is 2.72. The van der Waals surface area contributed by atoms with Crippen LogP contribution >= 0.6 is 11.6 Å². The molecule has 1 aliphatic heterocycles. The van der Waals surface area contributed by atoms with Crippen LogP contribution in [0.1, 0.15) is 6.92 Å². The van der Waals surface area contributed by atoms with Gasteiger partial charge in [-0.15, -0.1) is 0 Å². The lowest BCUT2D eigenvalue weighted by atomic mass is 10.00. The van der Waals surface area contributed by atoms with E-state index in [-0.39, 0.29) is 28.6 Å². The summed E-state index contributed by atoms with van der Waals surface area (Å²) in [5.41, 5.74) is 0.493. The number of fused-ring (bicyclic) bond motifs is 1. The van der Waals surface area contributed by atoms with E-state index in [1.807, 2.05) is 6.92 Å². The Morgan fingerprint density at radius 1 is 1.43 bits per heavy atom. The average molecular weight is 330 g/mol. The van der Waals surface area contributed by atoms with E-state index in [0.717, 1.165) is 0 Å². The van der Waals surface area contributed by atoms with Gasteiger partial charge in [0, 0.05) is 25.9 Å². The lowest BCUT2D eigenvalue weighted by molar-refractivity contribution is 0.210. The Morgan fingerprint density at radius 2 is 2.19 bits per heavy atom. The molecule has 2 atom stereocenters. The number of nitrogens with zero attached hydrogens (tertiary/aromatic N) is 3. The molecular formula is C13H16ClN3O3S. The molecule has 6 nitrogen and oxygen atoms in total. The van der Waals surface area contributed by atoms with Crippen molar-refractivity contribution in [3.8, 4) is 0 Å². The summed E-state index contributed by atoms with van der Waals surface area (Å²) in [5, 5.41) is 9.28. The van der Waals surface area contributed by atoms with Crippen LogP contribution in [0.2, 0.25) is 5.15 Å². The third-order valence-electron chi connectivity index (χ3n) is 4.00. The molecule has 3 heterocycles. The number of rotatable bonds is 3. The van der Waals surface area contributed by atoms with Crippen LogP contribution in [0.15, 0.2) is 29.4 Å². The monoisotopic (exact) mass is 329 g/mol. The van der Waals surface area contributed by atoms with Gasteiger partial charge >= 0.3 is 0 Å². The highest BCUT2D eigenvalue weighted by atomic mass is 35.5. The number of halogens is 1. The molecule has 2 aromatic rings. The van der Waals surface area contributed by atoms with Gasteiger partial charge in [-0.3, -0.25) is 4.40 Å². The Balaban J connectivity index is 2.07. The minimum absolute atomic E-state index is 0.00874. The topological polar surface area (TPSA) is 74.9 Å². The zero-order valence-corrected chi connectivity index (χ0v) is 13.0. The SMILES string of the molecule is C[C@@H]1CN(S(=O)(=O)c2c(Cl)nc3ccccn23)C[C@H]1CO. The van der Waals surface area contributed by atoms with E-state index < -0.39 is 10.0 Å². The van der Waals surface area contributed by atoms with Crippen LogP contribution in [-0.2, 0) is 10.0 Å². The summed E-state index contributed by atoms with van der Waals surface area (Å²) >= 11 is 6.05. The molecule has 0 aliphatic carbocycles. The number of aliphatic hydroxyl groups excluding tert-OH is 1. The number of hydrogen-bond acceptors (Lipinski definition) is 4. The Bertz CT molecular complexity index is 774. The molecule has 1 saturated heterocycles. The first-order valence-corrected chi connectivity index (χ1v) is 8.50. The van der Waals surface area contributed by atoms with Crippen molar-refractivity contribution in [3.05, 3.63) is 29.5 Å². The molecule has 1 fully saturated rings. The van der Waals surface area contributed by atoms with Gasteiger partial charge in [-0.2, -0.15) is 4.31 Å². The maximum atomic E-state index is 12.8. The molecule has 0 radical (unpaired) electrons. The van der Waals surface area contributed by atoms with Crippen LogP contribution < -0.4 is 0 Å². The van der Waals surface area contributed by atoms with Crippen molar-refractivity contribution in [1.82, 2.24) is 13.7 Å². The molecule has 21 heavy (non-hydrogen) atoms. The Labute approximate surface area is 128 Å². The number of aliphatic hydroxyl groups is 1. The first kappa shape index (κ1) is 14.8. The molecule has 1 aliphatic rings. The molecule has 0 bridgehead atoms. The molecule has 114 valence electrons. The molecule has 0 amide bonds. The minimum atomic E-state index is -3.74. The second-order valence-corrected chi connectivity index (χ2v) is 7.59. The molecular weight excluding hydrogens is 314 g/mol. The zero-order chi connectivity index (χ0) is 15.2. The van der Waals surface area contributed by atoms with Gasteiger partial charge in [-0.1, -0.05) is 24.6 Å². The van der Waals surface area contributed by atoms with E-state index in [1.165, 1.54) is 8.71 Å². The lowest BCUT2D eigenvalue weighted by Crippen LogP contribution is -2.30. The maximum Gasteiger partial charge on any atom is 0.262 e. The maximum absolute atomic E-state index is 12.8. The quantitative estimate of drug-likeness (QED) is 0.919. The summed E-state index contributed by atoms with van der Waals surface area (Å²) in [6.07, 6.45) is 1.63. The van der Waals surface area contributed by atoms with Crippen molar-refractivity contribution in [1.29, 1.82) is 0 Å². The van der Waals surface area contributed by atoms with Crippen LogP contribution in [0.3, 0.4) is 0 Å². The van der Waals surface area contributed by atoms with Gasteiger partial charge in [0.25, 0.3) is 10.0 Å². The van der Waals surface area contributed by atoms with Crippen LogP contribution in [0.5, 0.6) is 0 Å². The normalized spacial score (nSPS) is 24.0. The molecule has 0 saturated carbocycles. The Hall–Kier alpha value is -1.15. The molecule has 8 heteroatoms. The van der Waals surface area contributed by atoms with E-state index in [0.29, 0.717) is 18.7 Å². The van der Waals surface area contributed by atoms with Crippen LogP contribution in [0, 0.1) is 11.8 Å². The third kappa shape index (κ3) is 2.34. The Morgan fingerprint density at radius 3 is 2.86 bits per heavy atom. The number of sulfonamides is 1. The van der Waals surface area contributed by atoms with Gasteiger partial charge < -0.3 is 5.11 Å². The first-order chi connectivity index (χ1) is 9.95. The highest BCUT2D eigenvalue weighted by Crippen LogP contribution is 2.31. The van der Waals surface area contributed by atoms with E-state index in [9.17, 15) is 13.5 Å². The van der Waals surface area contributed by atoms with E-state index in [2.05, 4.69) is 4.98 Å². The smallest absolute Gasteiger partial charge is 0.262 e. The number of hydrogen-bond donors (Lipinski definition) is 1. The predicted octanol–water partition coefficient (Wildman–Crippen LogP) is 1.24. The predicted molar refractivity (Wildman–Crippen MR) is 78.7 cm³/mol. The van der Waals surface area contributed by atoms with Crippen molar-refractivity contribution in [3.63, 3.8) is 0 Å². The molecule has 2 aromatic heterocycles. The van der Waals surface area contributed by atoms with Gasteiger partial charge in [0.05, 0.1) is 0 Å². The van der Waals surface area contributed by atoms with Crippen molar-refractivity contribution in [2.45, 2.75) is 11.9 Å². The molecule has 1 N–H and O–H groups in total. The fourth-order valence-corrected chi connectivity index (χ4v) is 4.91. The van der Waals surface area contributed by atoms with Crippen molar-refractivity contribution >= 4 is 27.3 Å². The largest absolute Gasteiger partial charge is 0.396 e. The zero-order valence-electron chi connectivity index (χ0n) is 11.5. The molecule has 0 spiro atoms. The highest BCUT2D eigenvalue weighted by molar-refractivity contribution is 7.89. The highest BCUT2D eigenvalue weighted by Gasteiger charge is 2.39. The second-order valence-electron chi connectivity index (χ2n) is 5.38. The molecule has 3 rings (SSSR count). The van der Waals surface area contributed by atoms with E-state index >= 15 is 0 Å². The number of pyridine rings is 1. The summed E-state index contributed by atoms with van der Waals surface area (Å²) in [7, 11) is -3.74. The van der Waals surface area contributed by atoms with Gasteiger partial charge in [-0.25, -0.2) is 13.4 Å². The average Bonchev–Trinajstić information content (AvgIpc) is 2.98. The summed E-state index contributed by atoms with van der Waals surface area (Å²) in [4.78, 5) is 4.08. The summed E-state index contributed by atoms with van der Waals surface area (Å²) in [6.45, 7) is 2.60. The summed E-state index contributed by atoms with van der Waals surface area (Å²) < 4.78 is 28.5. The van der Waals surface area contributed by atoms with Crippen LogP contribution in [0.4, 0.5) is 0 Å². The second kappa shape index (κ2) is 5.24. The first-order valence-electron chi connectivity index (χ1n) is 6.68. The van der Waals surface area contributed by atoms with Crippen molar-refractivity contribution in [2.75, 3.05) is 19.7 Å². The number of aromatic nitrogens is 2. The lowest BCUT2D eigenvalue weighted by Gasteiger charge is -2.16. The Kier molecular flexibility index (Phi) is 3.69. The molecule has 0 aromatic carbocycles. The fraction of sp³-hybridized carbons (Fsp3) is 0.462. The van der Waals surface area contributed by atoms with Gasteiger partial charge in [-0.05, 0) is 24.0 Å². The van der Waals surface area contributed by atoms with Crippen molar-refractivity contribution in [2.24, 2.45) is 11.8 Å². The van der Waals surface area contributed by atoms with Gasteiger partial charge in [0.2, 0.25) is 0 Å². The number of imidazole rings is 1. The van der Waals surface area contributed by atoms with E-state index in [4.69, 9.17) is 11.6 Å². The summed E-state index contributed by atoms with van der Waals surface area (Å²) in [6, 6.07) is 5.20. The van der Waals surface area contributed by atoms with Crippen LogP contribution in [-0.4, -0.2) is 46.9 Å². The standard InChI is InChI=1S/C13H16ClN3O3S/c1-9-6-16(7-10(9)8-18)21(19,20)13-12(14)15-11-4-2-3-5-17(11)13/h2-5,9-10,18H,6-8H2,1H3/t9-,10+/m1/s1. The van der Waals surface area contributed by atoms with Gasteiger partial charge in [0.1, 0.15) is 5.65 Å². The third-order valence-corrected chi connectivity index (χ3v) is 6.23. The summed E-state index contributed by atoms with van der Waals surface area (Å²) in [5.74, 6) is 0.0699. The molecule has 0 unspecified atom stereocenters.